The zero-order valence-corrected chi connectivity index (χ0v) is 21.4. The lowest BCUT2D eigenvalue weighted by molar-refractivity contribution is -0.155. The van der Waals surface area contributed by atoms with Gasteiger partial charge in [-0.25, -0.2) is 0 Å². The van der Waals surface area contributed by atoms with E-state index in [2.05, 4.69) is 46.9 Å². The molecule has 4 rings (SSSR count). The number of allylic oxidation sites excluding steroid dienone is 1. The molecule has 0 spiro atoms. The molecular formula is C26H44O3Si. The first-order chi connectivity index (χ1) is 13.9. The summed E-state index contributed by atoms with van der Waals surface area (Å²) in [6.45, 7) is 15.8. The molecule has 30 heavy (non-hydrogen) atoms. The number of carbonyl (C=O) groups excluding carboxylic acids is 1. The van der Waals surface area contributed by atoms with E-state index in [1.54, 1.807) is 12.5 Å². The van der Waals surface area contributed by atoms with Crippen molar-refractivity contribution in [1.29, 1.82) is 0 Å². The highest BCUT2D eigenvalue weighted by Gasteiger charge is 2.57. The van der Waals surface area contributed by atoms with Crippen molar-refractivity contribution in [2.45, 2.75) is 116 Å². The third-order valence-electron chi connectivity index (χ3n) is 9.89. The van der Waals surface area contributed by atoms with Crippen molar-refractivity contribution < 1.29 is 14.0 Å². The predicted molar refractivity (Wildman–Crippen MR) is 125 cm³/mol. The number of hydrogen-bond donors (Lipinski definition) is 0. The Labute approximate surface area is 185 Å². The third kappa shape index (κ3) is 3.85. The lowest BCUT2D eigenvalue weighted by atomic mass is 9.53. The molecule has 170 valence electrons. The minimum atomic E-state index is -1.70. The third-order valence-corrected chi connectivity index (χ3v) is 14.4. The molecule has 3 nitrogen and oxygen atoms in total. The van der Waals surface area contributed by atoms with E-state index in [1.165, 1.54) is 44.9 Å². The van der Waals surface area contributed by atoms with Gasteiger partial charge in [0, 0.05) is 18.4 Å². The average molecular weight is 433 g/mol. The summed E-state index contributed by atoms with van der Waals surface area (Å²) in [6, 6.07) is 0. The zero-order valence-electron chi connectivity index (χ0n) is 20.4. The van der Waals surface area contributed by atoms with Gasteiger partial charge in [-0.2, -0.15) is 0 Å². The summed E-state index contributed by atoms with van der Waals surface area (Å²) in [6.07, 6.45) is 13.0. The summed E-state index contributed by atoms with van der Waals surface area (Å²) in [7, 11) is -1.70. The number of esters is 1. The van der Waals surface area contributed by atoms with Gasteiger partial charge in [-0.3, -0.25) is 4.79 Å². The zero-order chi connectivity index (χ0) is 21.9. The second kappa shape index (κ2) is 7.76. The van der Waals surface area contributed by atoms with Crippen LogP contribution in [-0.4, -0.2) is 26.5 Å². The number of ether oxygens (including phenoxy) is 1. The summed E-state index contributed by atoms with van der Waals surface area (Å²) in [4.78, 5) is 11.6. The van der Waals surface area contributed by atoms with Gasteiger partial charge in [0.25, 0.3) is 0 Å². The first-order valence-corrected chi connectivity index (χ1v) is 15.4. The summed E-state index contributed by atoms with van der Waals surface area (Å²) in [5.41, 5.74) is 1.91. The lowest BCUT2D eigenvalue weighted by Gasteiger charge is -2.53. The maximum absolute atomic E-state index is 11.6. The molecule has 3 fully saturated rings. The first kappa shape index (κ1) is 22.6. The Morgan fingerprint density at radius 1 is 1.10 bits per heavy atom. The molecule has 0 bridgehead atoms. The smallest absolute Gasteiger partial charge is 0.302 e. The van der Waals surface area contributed by atoms with Gasteiger partial charge in [-0.15, -0.1) is 0 Å². The molecule has 0 amide bonds. The predicted octanol–water partition coefficient (Wildman–Crippen LogP) is 6.88. The molecule has 4 aliphatic rings. The Morgan fingerprint density at radius 2 is 1.83 bits per heavy atom. The number of fused-ring (bicyclic) bond motifs is 5. The molecule has 3 saturated carbocycles. The van der Waals surface area contributed by atoms with Gasteiger partial charge >= 0.3 is 5.97 Å². The van der Waals surface area contributed by atoms with Crippen molar-refractivity contribution in [2.75, 3.05) is 0 Å². The molecule has 0 radical (unpaired) electrons. The van der Waals surface area contributed by atoms with Gasteiger partial charge in [0.1, 0.15) is 6.10 Å². The van der Waals surface area contributed by atoms with Gasteiger partial charge < -0.3 is 9.16 Å². The molecule has 0 saturated heterocycles. The van der Waals surface area contributed by atoms with E-state index in [9.17, 15) is 4.79 Å². The van der Waals surface area contributed by atoms with E-state index in [0.717, 1.165) is 30.1 Å². The Bertz CT molecular complexity index is 706. The SMILES string of the molecule is CC(=O)O[C@H]1CC[C@H]2[C@@H]3CC=C4C[C@@H](O[Si](C)(C)C(C)(C)C)CC[C@@H]4[C@H]3CC[C@]12C. The largest absolute Gasteiger partial charge is 0.462 e. The van der Waals surface area contributed by atoms with Crippen molar-refractivity contribution >= 4 is 14.3 Å². The normalized spacial score (nSPS) is 41.4. The fourth-order valence-corrected chi connectivity index (χ4v) is 8.66. The van der Waals surface area contributed by atoms with Crippen molar-refractivity contribution in [3.05, 3.63) is 11.6 Å². The van der Waals surface area contributed by atoms with Crippen molar-refractivity contribution in [2.24, 2.45) is 29.1 Å². The van der Waals surface area contributed by atoms with E-state index in [1.807, 2.05) is 0 Å². The monoisotopic (exact) mass is 432 g/mol. The van der Waals surface area contributed by atoms with Crippen molar-refractivity contribution in [3.63, 3.8) is 0 Å². The summed E-state index contributed by atoms with van der Waals surface area (Å²) < 4.78 is 12.6. The van der Waals surface area contributed by atoms with Gasteiger partial charge in [-0.05, 0) is 93.2 Å². The van der Waals surface area contributed by atoms with Gasteiger partial charge in [0.2, 0.25) is 0 Å². The molecule has 0 N–H and O–H groups in total. The Kier molecular flexibility index (Phi) is 5.84. The molecule has 0 aromatic rings. The van der Waals surface area contributed by atoms with Crippen molar-refractivity contribution in [1.82, 2.24) is 0 Å². The van der Waals surface area contributed by atoms with Crippen LogP contribution in [0.5, 0.6) is 0 Å². The molecule has 4 aliphatic carbocycles. The van der Waals surface area contributed by atoms with Gasteiger partial charge in [-0.1, -0.05) is 39.3 Å². The van der Waals surface area contributed by atoms with Gasteiger partial charge in [0.15, 0.2) is 8.32 Å². The molecule has 4 heteroatoms. The lowest BCUT2D eigenvalue weighted by Crippen LogP contribution is -2.49. The fraction of sp³-hybridized carbons (Fsp3) is 0.885. The van der Waals surface area contributed by atoms with E-state index in [0.29, 0.717) is 6.10 Å². The highest BCUT2D eigenvalue weighted by Crippen LogP contribution is 2.62. The van der Waals surface area contributed by atoms with E-state index < -0.39 is 8.32 Å². The Hall–Kier alpha value is -0.613. The second-order valence-corrected chi connectivity index (χ2v) is 17.3. The van der Waals surface area contributed by atoms with Crippen LogP contribution in [-0.2, 0) is 14.0 Å². The minimum absolute atomic E-state index is 0.102. The van der Waals surface area contributed by atoms with Crippen LogP contribution in [0.4, 0.5) is 0 Å². The Morgan fingerprint density at radius 3 is 2.50 bits per heavy atom. The van der Waals surface area contributed by atoms with E-state index >= 15 is 0 Å². The van der Waals surface area contributed by atoms with Gasteiger partial charge in [0.05, 0.1) is 0 Å². The van der Waals surface area contributed by atoms with Crippen molar-refractivity contribution in [3.8, 4) is 0 Å². The van der Waals surface area contributed by atoms with Crippen LogP contribution in [0.2, 0.25) is 18.1 Å². The Balaban J connectivity index is 1.46. The highest BCUT2D eigenvalue weighted by molar-refractivity contribution is 6.74. The second-order valence-electron chi connectivity index (χ2n) is 12.6. The topological polar surface area (TPSA) is 35.5 Å². The van der Waals surface area contributed by atoms with Crippen LogP contribution < -0.4 is 0 Å². The number of hydrogen-bond acceptors (Lipinski definition) is 3. The number of carbonyl (C=O) groups is 1. The highest BCUT2D eigenvalue weighted by atomic mass is 28.4. The fourth-order valence-electron chi connectivity index (χ4n) is 7.27. The van der Waals surface area contributed by atoms with Crippen LogP contribution in [0.15, 0.2) is 11.6 Å². The molecule has 0 aromatic carbocycles. The first-order valence-electron chi connectivity index (χ1n) is 12.5. The minimum Gasteiger partial charge on any atom is -0.462 e. The number of rotatable bonds is 3. The summed E-state index contributed by atoms with van der Waals surface area (Å²) in [5, 5.41) is 0.282. The standard InChI is InChI=1S/C26H44O3Si/c1-17(27)28-24-13-12-23-22-10-8-18-16-19(29-30(6,7)25(2,3)4)9-11-20(18)21(22)14-15-26(23,24)5/h8,19-24H,9-16H2,1-7H3/t19-,20-,21+,22+,23-,24-,26-/m0/s1. The quantitative estimate of drug-likeness (QED) is 0.277. The molecule has 0 aliphatic heterocycles. The van der Waals surface area contributed by atoms with Crippen LogP contribution in [0.25, 0.3) is 0 Å². The maximum atomic E-state index is 11.6. The maximum Gasteiger partial charge on any atom is 0.302 e. The molecular weight excluding hydrogens is 388 g/mol. The molecule has 0 heterocycles. The molecule has 7 atom stereocenters. The van der Waals surface area contributed by atoms with E-state index in [-0.39, 0.29) is 22.5 Å². The molecule has 0 aromatic heterocycles. The van der Waals surface area contributed by atoms with E-state index in [4.69, 9.17) is 9.16 Å². The van der Waals surface area contributed by atoms with Crippen LogP contribution in [0, 0.1) is 29.1 Å². The summed E-state index contributed by atoms with van der Waals surface area (Å²) in [5.74, 6) is 3.03. The molecule has 0 unspecified atom stereocenters. The van der Waals surface area contributed by atoms with Crippen LogP contribution in [0.1, 0.15) is 86.0 Å². The summed E-state index contributed by atoms with van der Waals surface area (Å²) >= 11 is 0. The average Bonchev–Trinajstić information content (AvgIpc) is 2.96. The van der Waals surface area contributed by atoms with Crippen LogP contribution in [0.3, 0.4) is 0 Å². The van der Waals surface area contributed by atoms with Crippen LogP contribution >= 0.6 is 0 Å².